The third-order valence-corrected chi connectivity index (χ3v) is 7.68. The van der Waals surface area contributed by atoms with E-state index in [1.807, 2.05) is 11.0 Å². The van der Waals surface area contributed by atoms with Crippen molar-refractivity contribution >= 4 is 58.0 Å². The van der Waals surface area contributed by atoms with E-state index < -0.39 is 11.5 Å². The fraction of sp³-hybridized carbons (Fsp3) is 0.500. The van der Waals surface area contributed by atoms with Crippen molar-refractivity contribution in [3.8, 4) is 6.07 Å². The lowest BCUT2D eigenvalue weighted by Gasteiger charge is -2.35. The standard InChI is InChI=1S/C24H28N4O6S2/c1-4-34-23(33)15-7-10-27(11-8-15)20-16(14(2)17(13-25)21(31)26(20)3)12-18-22(32)28(24(35)36-18)9-5-6-19(29)30/h12,15H,4-11H2,1-3H3,(H,29,30). The van der Waals surface area contributed by atoms with Crippen LogP contribution in [0, 0.1) is 24.2 Å². The number of ether oxygens (including phenoxy) is 1. The fourth-order valence-corrected chi connectivity index (χ4v) is 5.68. The second kappa shape index (κ2) is 11.7. The van der Waals surface area contributed by atoms with Gasteiger partial charge in [-0.1, -0.05) is 24.0 Å². The highest BCUT2D eigenvalue weighted by atomic mass is 32.2. The van der Waals surface area contributed by atoms with E-state index >= 15 is 0 Å². The van der Waals surface area contributed by atoms with Gasteiger partial charge in [-0.15, -0.1) is 0 Å². The number of thioether (sulfide) groups is 1. The largest absolute Gasteiger partial charge is 0.481 e. The van der Waals surface area contributed by atoms with Crippen LogP contribution >= 0.6 is 24.0 Å². The van der Waals surface area contributed by atoms with Crippen molar-refractivity contribution in [1.29, 1.82) is 5.26 Å². The predicted molar refractivity (Wildman–Crippen MR) is 139 cm³/mol. The monoisotopic (exact) mass is 532 g/mol. The van der Waals surface area contributed by atoms with E-state index in [4.69, 9.17) is 22.1 Å². The van der Waals surface area contributed by atoms with Crippen molar-refractivity contribution in [3.63, 3.8) is 0 Å². The van der Waals surface area contributed by atoms with Gasteiger partial charge in [-0.2, -0.15) is 5.26 Å². The first-order chi connectivity index (χ1) is 17.1. The number of anilines is 1. The Morgan fingerprint density at radius 3 is 2.56 bits per heavy atom. The molecule has 0 atom stereocenters. The Hall–Kier alpha value is -3.17. The van der Waals surface area contributed by atoms with E-state index in [2.05, 4.69) is 0 Å². The van der Waals surface area contributed by atoms with Gasteiger partial charge in [0.15, 0.2) is 0 Å². The summed E-state index contributed by atoms with van der Waals surface area (Å²) in [5.74, 6) is -1.17. The molecule has 0 saturated carbocycles. The van der Waals surface area contributed by atoms with Gasteiger partial charge in [-0.05, 0) is 44.7 Å². The zero-order valence-electron chi connectivity index (χ0n) is 20.4. The van der Waals surface area contributed by atoms with Crippen LogP contribution in [-0.4, -0.2) is 63.0 Å². The Morgan fingerprint density at radius 2 is 1.97 bits per heavy atom. The Balaban J connectivity index is 1.98. The highest BCUT2D eigenvalue weighted by molar-refractivity contribution is 8.26. The molecule has 0 unspecified atom stereocenters. The van der Waals surface area contributed by atoms with Crippen molar-refractivity contribution < 1.29 is 24.2 Å². The molecule has 1 aromatic heterocycles. The van der Waals surface area contributed by atoms with Crippen LogP contribution in [0.15, 0.2) is 9.70 Å². The maximum atomic E-state index is 13.1. The van der Waals surface area contributed by atoms with Crippen molar-refractivity contribution in [2.45, 2.75) is 39.5 Å². The molecule has 3 heterocycles. The van der Waals surface area contributed by atoms with Gasteiger partial charge in [0, 0.05) is 38.7 Å². The minimum absolute atomic E-state index is 0.00848. The first-order valence-electron chi connectivity index (χ1n) is 11.6. The second-order valence-corrected chi connectivity index (χ2v) is 10.2. The summed E-state index contributed by atoms with van der Waals surface area (Å²) >= 11 is 6.46. The number of amides is 1. The van der Waals surface area contributed by atoms with Crippen molar-refractivity contribution in [2.24, 2.45) is 13.0 Å². The molecule has 36 heavy (non-hydrogen) atoms. The Labute approximate surface area is 218 Å². The van der Waals surface area contributed by atoms with Gasteiger partial charge in [0.2, 0.25) is 0 Å². The number of aromatic nitrogens is 1. The molecule has 0 radical (unpaired) electrons. The molecular weight excluding hydrogens is 504 g/mol. The van der Waals surface area contributed by atoms with Gasteiger partial charge in [0.25, 0.3) is 11.5 Å². The molecular formula is C24H28N4O6S2. The molecule has 192 valence electrons. The summed E-state index contributed by atoms with van der Waals surface area (Å²) < 4.78 is 6.89. The zero-order chi connectivity index (χ0) is 26.6. The normalized spacial score (nSPS) is 17.6. The van der Waals surface area contributed by atoms with Gasteiger partial charge < -0.3 is 14.7 Å². The molecule has 3 rings (SSSR count). The highest BCUT2D eigenvalue weighted by Crippen LogP contribution is 2.36. The number of nitriles is 1. The molecule has 2 aliphatic heterocycles. The molecule has 12 heteroatoms. The lowest BCUT2D eigenvalue weighted by Crippen LogP contribution is -2.40. The SMILES string of the molecule is CCOC(=O)C1CCN(c2c(C=C3SC(=S)N(CCCC(=O)O)C3=O)c(C)c(C#N)c(=O)n2C)CC1. The minimum Gasteiger partial charge on any atom is -0.481 e. The number of carboxylic acid groups (broad SMARTS) is 1. The highest BCUT2D eigenvalue weighted by Gasteiger charge is 2.34. The Kier molecular flexibility index (Phi) is 8.92. The molecule has 0 spiro atoms. The molecule has 2 fully saturated rings. The summed E-state index contributed by atoms with van der Waals surface area (Å²) in [5.41, 5.74) is 0.579. The van der Waals surface area contributed by atoms with Crippen LogP contribution in [0.3, 0.4) is 0 Å². The fourth-order valence-electron chi connectivity index (χ4n) is 4.39. The third-order valence-electron chi connectivity index (χ3n) is 6.30. The summed E-state index contributed by atoms with van der Waals surface area (Å²) in [6, 6.07) is 1.98. The number of rotatable bonds is 8. The van der Waals surface area contributed by atoms with Gasteiger partial charge in [-0.3, -0.25) is 28.6 Å². The first kappa shape index (κ1) is 27.4. The van der Waals surface area contributed by atoms with Crippen LogP contribution in [0.25, 0.3) is 6.08 Å². The third kappa shape index (κ3) is 5.63. The maximum Gasteiger partial charge on any atom is 0.309 e. The van der Waals surface area contributed by atoms with E-state index in [0.717, 1.165) is 11.8 Å². The van der Waals surface area contributed by atoms with Gasteiger partial charge in [0.1, 0.15) is 21.8 Å². The molecule has 0 aliphatic carbocycles. The lowest BCUT2D eigenvalue weighted by atomic mass is 9.95. The number of pyridine rings is 1. The average Bonchev–Trinajstić information content (AvgIpc) is 3.10. The summed E-state index contributed by atoms with van der Waals surface area (Å²) in [4.78, 5) is 52.7. The van der Waals surface area contributed by atoms with E-state index in [1.165, 1.54) is 9.47 Å². The number of aliphatic carboxylic acids is 1. The summed E-state index contributed by atoms with van der Waals surface area (Å²) in [6.45, 7) is 4.95. The van der Waals surface area contributed by atoms with Gasteiger partial charge in [-0.25, -0.2) is 0 Å². The predicted octanol–water partition coefficient (Wildman–Crippen LogP) is 2.41. The Bertz CT molecular complexity index is 1220. The average molecular weight is 533 g/mol. The van der Waals surface area contributed by atoms with Crippen LogP contribution in [0.1, 0.15) is 49.3 Å². The van der Waals surface area contributed by atoms with E-state index in [9.17, 15) is 24.4 Å². The van der Waals surface area contributed by atoms with Crippen molar-refractivity contribution in [1.82, 2.24) is 9.47 Å². The van der Waals surface area contributed by atoms with Crippen LogP contribution in [0.4, 0.5) is 5.82 Å². The smallest absolute Gasteiger partial charge is 0.309 e. The Morgan fingerprint density at radius 1 is 1.31 bits per heavy atom. The molecule has 10 nitrogen and oxygen atoms in total. The maximum absolute atomic E-state index is 13.1. The zero-order valence-corrected chi connectivity index (χ0v) is 22.0. The van der Waals surface area contributed by atoms with E-state index in [-0.39, 0.29) is 42.7 Å². The number of nitrogens with zero attached hydrogens (tertiary/aromatic N) is 4. The number of esters is 1. The van der Waals surface area contributed by atoms with Crippen LogP contribution in [0.5, 0.6) is 0 Å². The minimum atomic E-state index is -0.947. The van der Waals surface area contributed by atoms with Gasteiger partial charge >= 0.3 is 11.9 Å². The number of piperidine rings is 1. The molecule has 2 saturated heterocycles. The summed E-state index contributed by atoms with van der Waals surface area (Å²) in [6.07, 6.45) is 2.95. The van der Waals surface area contributed by atoms with Gasteiger partial charge in [0.05, 0.1) is 17.4 Å². The topological polar surface area (TPSA) is 133 Å². The quantitative estimate of drug-likeness (QED) is 0.302. The molecule has 0 aromatic carbocycles. The van der Waals surface area contributed by atoms with Crippen molar-refractivity contribution in [3.05, 3.63) is 31.9 Å². The van der Waals surface area contributed by atoms with E-state index in [0.29, 0.717) is 58.7 Å². The number of carbonyl (C=O) groups is 3. The molecule has 1 N–H and O–H groups in total. The summed E-state index contributed by atoms with van der Waals surface area (Å²) in [5, 5.41) is 18.5. The molecule has 2 aliphatic rings. The lowest BCUT2D eigenvalue weighted by molar-refractivity contribution is -0.148. The number of thiocarbonyl (C=S) groups is 1. The second-order valence-electron chi connectivity index (χ2n) is 8.56. The van der Waals surface area contributed by atoms with E-state index in [1.54, 1.807) is 27.0 Å². The number of hydrogen-bond acceptors (Lipinski definition) is 9. The number of carbonyl (C=O) groups excluding carboxylic acids is 2. The first-order valence-corrected chi connectivity index (χ1v) is 12.9. The molecule has 0 bridgehead atoms. The molecule has 1 aromatic rings. The molecule has 1 amide bonds. The van der Waals surface area contributed by atoms with Crippen LogP contribution in [0.2, 0.25) is 0 Å². The number of carboxylic acids is 1. The summed E-state index contributed by atoms with van der Waals surface area (Å²) in [7, 11) is 1.59. The van der Waals surface area contributed by atoms with Crippen LogP contribution in [-0.2, 0) is 26.2 Å². The van der Waals surface area contributed by atoms with Crippen molar-refractivity contribution in [2.75, 3.05) is 31.1 Å². The number of hydrogen-bond donors (Lipinski definition) is 1. The van der Waals surface area contributed by atoms with Crippen LogP contribution < -0.4 is 10.5 Å².